The van der Waals surface area contributed by atoms with E-state index < -0.39 is 0 Å². The lowest BCUT2D eigenvalue weighted by Crippen LogP contribution is -2.18. The van der Waals surface area contributed by atoms with Crippen LogP contribution in [-0.2, 0) is 0 Å². The molecule has 1 N–H and O–H groups in total. The maximum atomic E-state index is 5.97. The zero-order valence-corrected chi connectivity index (χ0v) is 7.61. The molecule has 0 aliphatic carbocycles. The van der Waals surface area contributed by atoms with Crippen molar-refractivity contribution in [1.82, 2.24) is 0 Å². The molecule has 0 amide bonds. The molecule has 1 heterocycles. The summed E-state index contributed by atoms with van der Waals surface area (Å²) >= 11 is 5.97. The normalized spacial score (nSPS) is 14.5. The highest BCUT2D eigenvalue weighted by atomic mass is 35.5. The quantitative estimate of drug-likeness (QED) is 0.667. The van der Waals surface area contributed by atoms with Gasteiger partial charge in [0.2, 0.25) is 0 Å². The fraction of sp³-hybridized carbons (Fsp3) is 0.333. The highest BCUT2D eigenvalue weighted by Crippen LogP contribution is 2.36. The Balaban J connectivity index is 2.57. The van der Waals surface area contributed by atoms with Gasteiger partial charge in [-0.1, -0.05) is 17.7 Å². The van der Waals surface area contributed by atoms with Crippen LogP contribution in [0.4, 0.5) is 5.69 Å². The lowest BCUT2D eigenvalue weighted by atomic mass is 10.2. The number of anilines is 1. The van der Waals surface area contributed by atoms with Crippen molar-refractivity contribution < 1.29 is 4.74 Å². The molecule has 2 nitrogen and oxygen atoms in total. The van der Waals surface area contributed by atoms with Crippen LogP contribution < -0.4 is 10.1 Å². The van der Waals surface area contributed by atoms with Gasteiger partial charge in [0.15, 0.2) is 0 Å². The van der Waals surface area contributed by atoms with E-state index in [9.17, 15) is 0 Å². The monoisotopic (exact) mass is 183 g/mol. The van der Waals surface area contributed by atoms with Gasteiger partial charge in [0, 0.05) is 6.54 Å². The molecule has 0 saturated heterocycles. The Bertz CT molecular complexity index is 281. The molecule has 12 heavy (non-hydrogen) atoms. The highest BCUT2D eigenvalue weighted by Gasteiger charge is 2.14. The number of nitrogens with one attached hydrogen (secondary N) is 1. The predicted octanol–water partition coefficient (Wildman–Crippen LogP) is 2.45. The molecule has 1 aromatic carbocycles. The van der Waals surface area contributed by atoms with Gasteiger partial charge >= 0.3 is 0 Å². The molecule has 0 fully saturated rings. The first-order valence-corrected chi connectivity index (χ1v) is 4.32. The van der Waals surface area contributed by atoms with Crippen LogP contribution in [0.15, 0.2) is 12.1 Å². The van der Waals surface area contributed by atoms with E-state index in [1.54, 1.807) is 0 Å². The van der Waals surface area contributed by atoms with Crippen molar-refractivity contribution in [3.8, 4) is 5.75 Å². The van der Waals surface area contributed by atoms with Gasteiger partial charge in [0.25, 0.3) is 0 Å². The van der Waals surface area contributed by atoms with E-state index in [0.29, 0.717) is 6.61 Å². The molecule has 1 aliphatic heterocycles. The summed E-state index contributed by atoms with van der Waals surface area (Å²) in [6.07, 6.45) is 0. The maximum Gasteiger partial charge on any atom is 0.146 e. The van der Waals surface area contributed by atoms with Gasteiger partial charge in [0.05, 0.1) is 10.7 Å². The standard InChI is InChI=1S/C9H10ClNO/c1-6-2-3-7(10)8-9(6)12-5-4-11-8/h2-3,11H,4-5H2,1H3. The van der Waals surface area contributed by atoms with Crippen molar-refractivity contribution in [2.24, 2.45) is 0 Å². The fourth-order valence-corrected chi connectivity index (χ4v) is 1.56. The highest BCUT2D eigenvalue weighted by molar-refractivity contribution is 6.33. The third-order valence-electron chi connectivity index (χ3n) is 1.95. The number of halogens is 1. The molecule has 0 radical (unpaired) electrons. The fourth-order valence-electron chi connectivity index (χ4n) is 1.34. The third-order valence-corrected chi connectivity index (χ3v) is 2.27. The van der Waals surface area contributed by atoms with Gasteiger partial charge in [-0.15, -0.1) is 0 Å². The van der Waals surface area contributed by atoms with E-state index >= 15 is 0 Å². The third kappa shape index (κ3) is 1.12. The number of aryl methyl sites for hydroxylation is 1. The predicted molar refractivity (Wildman–Crippen MR) is 50.2 cm³/mol. The molecule has 1 aromatic rings. The van der Waals surface area contributed by atoms with E-state index in [1.807, 2.05) is 19.1 Å². The number of ether oxygens (including phenoxy) is 1. The van der Waals surface area contributed by atoms with Crippen LogP contribution in [0.25, 0.3) is 0 Å². The molecule has 3 heteroatoms. The summed E-state index contributed by atoms with van der Waals surface area (Å²) in [4.78, 5) is 0. The topological polar surface area (TPSA) is 21.3 Å². The molecular weight excluding hydrogens is 174 g/mol. The Morgan fingerprint density at radius 1 is 1.50 bits per heavy atom. The van der Waals surface area contributed by atoms with Crippen LogP contribution in [0.1, 0.15) is 5.56 Å². The van der Waals surface area contributed by atoms with Crippen LogP contribution in [0.2, 0.25) is 5.02 Å². The van der Waals surface area contributed by atoms with Crippen LogP contribution >= 0.6 is 11.6 Å². The van der Waals surface area contributed by atoms with Crippen molar-refractivity contribution in [2.75, 3.05) is 18.5 Å². The summed E-state index contributed by atoms with van der Waals surface area (Å²) < 4.78 is 5.49. The Labute approximate surface area is 76.5 Å². The molecule has 0 spiro atoms. The Kier molecular flexibility index (Phi) is 1.85. The second-order valence-electron chi connectivity index (χ2n) is 2.84. The van der Waals surface area contributed by atoms with Crippen molar-refractivity contribution in [3.05, 3.63) is 22.7 Å². The minimum Gasteiger partial charge on any atom is -0.489 e. The number of fused-ring (bicyclic) bond motifs is 1. The van der Waals surface area contributed by atoms with Gasteiger partial charge in [-0.3, -0.25) is 0 Å². The van der Waals surface area contributed by atoms with Crippen LogP contribution in [0.5, 0.6) is 5.75 Å². The summed E-state index contributed by atoms with van der Waals surface area (Å²) in [5.41, 5.74) is 2.06. The van der Waals surface area contributed by atoms with Gasteiger partial charge in [-0.2, -0.15) is 0 Å². The maximum absolute atomic E-state index is 5.97. The van der Waals surface area contributed by atoms with Gasteiger partial charge < -0.3 is 10.1 Å². The zero-order valence-electron chi connectivity index (χ0n) is 6.86. The summed E-state index contributed by atoms with van der Waals surface area (Å²) in [5, 5.41) is 3.95. The van der Waals surface area contributed by atoms with E-state index in [2.05, 4.69) is 5.32 Å². The molecule has 0 atom stereocenters. The van der Waals surface area contributed by atoms with Gasteiger partial charge in [0.1, 0.15) is 12.4 Å². The Hall–Kier alpha value is -0.890. The summed E-state index contributed by atoms with van der Waals surface area (Å²) in [6.45, 7) is 3.56. The average Bonchev–Trinajstić information content (AvgIpc) is 2.12. The van der Waals surface area contributed by atoms with Crippen molar-refractivity contribution >= 4 is 17.3 Å². The molecule has 0 aromatic heterocycles. The molecule has 0 unspecified atom stereocenters. The van der Waals surface area contributed by atoms with Crippen LogP contribution in [0, 0.1) is 6.92 Å². The van der Waals surface area contributed by atoms with Gasteiger partial charge in [-0.05, 0) is 18.6 Å². The second-order valence-corrected chi connectivity index (χ2v) is 3.25. The van der Waals surface area contributed by atoms with Crippen molar-refractivity contribution in [1.29, 1.82) is 0 Å². The Morgan fingerprint density at radius 3 is 3.08 bits per heavy atom. The van der Waals surface area contributed by atoms with Crippen LogP contribution in [0.3, 0.4) is 0 Å². The molecular formula is C9H10ClNO. The minimum absolute atomic E-state index is 0.716. The van der Waals surface area contributed by atoms with E-state index in [1.165, 1.54) is 0 Å². The van der Waals surface area contributed by atoms with Crippen molar-refractivity contribution in [2.45, 2.75) is 6.92 Å². The SMILES string of the molecule is Cc1ccc(Cl)c2c1OCCN2. The number of hydrogen-bond acceptors (Lipinski definition) is 2. The first kappa shape index (κ1) is 7.74. The summed E-state index contributed by atoms with van der Waals surface area (Å²) in [5.74, 6) is 0.897. The first-order valence-electron chi connectivity index (χ1n) is 3.95. The summed E-state index contributed by atoms with van der Waals surface area (Å²) in [6, 6.07) is 3.85. The largest absolute Gasteiger partial charge is 0.489 e. The molecule has 0 bridgehead atoms. The molecule has 0 saturated carbocycles. The Morgan fingerprint density at radius 2 is 2.33 bits per heavy atom. The van der Waals surface area contributed by atoms with E-state index in [0.717, 1.165) is 28.6 Å². The molecule has 64 valence electrons. The van der Waals surface area contributed by atoms with Crippen LogP contribution in [-0.4, -0.2) is 13.2 Å². The smallest absolute Gasteiger partial charge is 0.146 e. The number of rotatable bonds is 0. The molecule has 2 rings (SSSR count). The van der Waals surface area contributed by atoms with E-state index in [-0.39, 0.29) is 0 Å². The number of benzene rings is 1. The van der Waals surface area contributed by atoms with Gasteiger partial charge in [-0.25, -0.2) is 0 Å². The second kappa shape index (κ2) is 2.87. The van der Waals surface area contributed by atoms with E-state index in [4.69, 9.17) is 16.3 Å². The molecule has 1 aliphatic rings. The lowest BCUT2D eigenvalue weighted by Gasteiger charge is -2.21. The minimum atomic E-state index is 0.716. The lowest BCUT2D eigenvalue weighted by molar-refractivity contribution is 0.321. The summed E-state index contributed by atoms with van der Waals surface area (Å²) in [7, 11) is 0. The average molecular weight is 184 g/mol. The zero-order chi connectivity index (χ0) is 8.55. The van der Waals surface area contributed by atoms with Crippen molar-refractivity contribution in [3.63, 3.8) is 0 Å². The first-order chi connectivity index (χ1) is 5.79. The number of hydrogen-bond donors (Lipinski definition) is 1.